The van der Waals surface area contributed by atoms with Gasteiger partial charge in [0.05, 0.1) is 33.9 Å². The number of rotatable bonds is 14. The van der Waals surface area contributed by atoms with Gasteiger partial charge in [-0.1, -0.05) is 82.0 Å². The zero-order valence-electron chi connectivity index (χ0n) is 28.0. The Morgan fingerprint density at radius 3 is 1.79 bits per heavy atom. The lowest BCUT2D eigenvalue weighted by atomic mass is 9.97. The summed E-state index contributed by atoms with van der Waals surface area (Å²) in [5.41, 5.74) is 26.9. The van der Waals surface area contributed by atoms with Gasteiger partial charge in [-0.25, -0.2) is 8.78 Å². The van der Waals surface area contributed by atoms with Crippen molar-refractivity contribution in [3.05, 3.63) is 139 Å². The van der Waals surface area contributed by atoms with Crippen LogP contribution in [0, 0.1) is 17.6 Å². The molecule has 0 bridgehead atoms. The Bertz CT molecular complexity index is 2010. The maximum atomic E-state index is 13.6. The van der Waals surface area contributed by atoms with Crippen LogP contribution in [-0.4, -0.2) is 43.5 Å². The summed E-state index contributed by atoms with van der Waals surface area (Å²) in [5, 5.41) is 12.1. The largest absolute Gasteiger partial charge is 0.465 e. The molecule has 4 aromatic carbocycles. The molecule has 2 amide bonds. The number of benzene rings is 4. The van der Waals surface area contributed by atoms with E-state index in [1.807, 2.05) is 48.5 Å². The van der Waals surface area contributed by atoms with E-state index in [1.54, 1.807) is 0 Å². The molecule has 0 saturated heterocycles. The highest BCUT2D eigenvalue weighted by Gasteiger charge is 2.30. The Labute approximate surface area is 312 Å². The predicted molar refractivity (Wildman–Crippen MR) is 198 cm³/mol. The normalized spacial score (nSPS) is 12.3. The van der Waals surface area contributed by atoms with Crippen molar-refractivity contribution in [1.29, 1.82) is 0 Å². The molecular weight excluding hydrogens is 731 g/mol. The second-order valence-electron chi connectivity index (χ2n) is 11.6. The van der Waals surface area contributed by atoms with Gasteiger partial charge in [0.25, 0.3) is 0 Å². The van der Waals surface area contributed by atoms with E-state index in [0.717, 1.165) is 34.4 Å². The maximum Gasteiger partial charge on any atom is 0.306 e. The fraction of sp³-hybridized carbons (Fsp3) is 0.250. The standard InChI is InChI=1S/C26H22ClFN4O3.C10H11ClFN5O/c27-23-10-9-17(28)14-24(23)31-26(34)16(11-12-30-32-29)13-25(33)35-15-22-20-7-3-1-5-18(20)19-6-2-4-8-21(19)22;11-7-2-1-6(12)5-9(7)16-10(18)8(13)3-4-15-17-14/h1-10,14,16,22H,11-13,15H2,(H,31,34);1-2,5,8H,3-4,13H2,(H,16,18)/t16-;8-/m10/s1. The van der Waals surface area contributed by atoms with Crippen LogP contribution in [0.1, 0.15) is 36.3 Å². The third-order valence-electron chi connectivity index (χ3n) is 8.11. The number of fused-ring (bicyclic) bond motifs is 3. The molecule has 2 atom stereocenters. The van der Waals surface area contributed by atoms with Crippen molar-refractivity contribution in [2.24, 2.45) is 21.9 Å². The number of hydrogen-bond acceptors (Lipinski definition) is 7. The average Bonchev–Trinajstić information content (AvgIpc) is 3.47. The van der Waals surface area contributed by atoms with Gasteiger partial charge in [-0.2, -0.15) is 0 Å². The van der Waals surface area contributed by atoms with E-state index in [2.05, 4.69) is 30.7 Å². The first kappa shape index (κ1) is 40.1. The van der Waals surface area contributed by atoms with E-state index >= 15 is 0 Å². The molecular formula is C36H33Cl2F2N9O4. The van der Waals surface area contributed by atoms with E-state index in [0.29, 0.717) is 0 Å². The molecule has 0 radical (unpaired) electrons. The van der Waals surface area contributed by atoms with E-state index in [1.165, 1.54) is 24.3 Å². The number of hydrogen-bond donors (Lipinski definition) is 3. The van der Waals surface area contributed by atoms with Crippen molar-refractivity contribution in [2.75, 3.05) is 30.3 Å². The molecule has 1 aliphatic rings. The number of azide groups is 2. The number of carbonyl (C=O) groups excluding carboxylic acids is 3. The molecule has 1 aliphatic carbocycles. The van der Waals surface area contributed by atoms with Gasteiger partial charge in [0.1, 0.15) is 18.2 Å². The highest BCUT2D eigenvalue weighted by molar-refractivity contribution is 6.34. The molecule has 53 heavy (non-hydrogen) atoms. The molecule has 274 valence electrons. The monoisotopic (exact) mass is 763 g/mol. The number of ether oxygens (including phenoxy) is 1. The minimum atomic E-state index is -0.852. The number of anilines is 2. The fourth-order valence-corrected chi connectivity index (χ4v) is 5.81. The smallest absolute Gasteiger partial charge is 0.306 e. The molecule has 4 N–H and O–H groups in total. The number of carbonyl (C=O) groups is 3. The molecule has 13 nitrogen and oxygen atoms in total. The van der Waals surface area contributed by atoms with Crippen molar-refractivity contribution in [3.63, 3.8) is 0 Å². The lowest BCUT2D eigenvalue weighted by Crippen LogP contribution is -2.36. The SMILES string of the molecule is [N-]=[N+]=NCC[C@H](CC(=O)OCC1c2ccccc2-c2ccccc21)C(=O)Nc1cc(F)ccc1Cl.[N-]=[N+]=NCC[C@H](N)C(=O)Nc1cc(F)ccc1Cl. The molecule has 5 rings (SSSR count). The molecule has 0 spiro atoms. The summed E-state index contributed by atoms with van der Waals surface area (Å²) in [7, 11) is 0. The van der Waals surface area contributed by atoms with Gasteiger partial charge in [0.15, 0.2) is 0 Å². The molecule has 17 heteroatoms. The van der Waals surface area contributed by atoms with Crippen molar-refractivity contribution in [3.8, 4) is 11.1 Å². The van der Waals surface area contributed by atoms with Crippen LogP contribution in [0.25, 0.3) is 32.0 Å². The second kappa shape index (κ2) is 19.8. The Hall–Kier alpha value is -5.69. The number of nitrogens with two attached hydrogens (primary N) is 1. The third-order valence-corrected chi connectivity index (χ3v) is 8.77. The molecule has 0 aromatic heterocycles. The van der Waals surface area contributed by atoms with Crippen LogP contribution in [0.4, 0.5) is 20.2 Å². The highest BCUT2D eigenvalue weighted by Crippen LogP contribution is 2.44. The van der Waals surface area contributed by atoms with Gasteiger partial charge in [-0.05, 0) is 82.6 Å². The van der Waals surface area contributed by atoms with Crippen molar-refractivity contribution in [1.82, 2.24) is 0 Å². The Morgan fingerprint density at radius 1 is 0.774 bits per heavy atom. The average molecular weight is 765 g/mol. The van der Waals surface area contributed by atoms with Crippen LogP contribution < -0.4 is 16.4 Å². The summed E-state index contributed by atoms with van der Waals surface area (Å²) in [6.07, 6.45) is 0.0889. The predicted octanol–water partition coefficient (Wildman–Crippen LogP) is 8.93. The van der Waals surface area contributed by atoms with E-state index in [4.69, 9.17) is 44.7 Å². The quantitative estimate of drug-likeness (QED) is 0.0496. The number of nitrogens with one attached hydrogen (secondary N) is 2. The molecule has 0 fully saturated rings. The van der Waals surface area contributed by atoms with E-state index in [-0.39, 0.29) is 66.3 Å². The number of nitrogens with zero attached hydrogens (tertiary/aromatic N) is 6. The first-order chi connectivity index (χ1) is 25.5. The van der Waals surface area contributed by atoms with Crippen LogP contribution in [0.3, 0.4) is 0 Å². The van der Waals surface area contributed by atoms with Gasteiger partial charge >= 0.3 is 5.97 Å². The summed E-state index contributed by atoms with van der Waals surface area (Å²) in [5.74, 6) is -3.65. The summed E-state index contributed by atoms with van der Waals surface area (Å²) in [6.45, 7) is 0.261. The van der Waals surface area contributed by atoms with Crippen molar-refractivity contribution in [2.45, 2.75) is 31.2 Å². The molecule has 0 unspecified atom stereocenters. The minimum Gasteiger partial charge on any atom is -0.465 e. The number of amides is 2. The van der Waals surface area contributed by atoms with Crippen LogP contribution in [0.15, 0.2) is 95.2 Å². The van der Waals surface area contributed by atoms with Crippen LogP contribution in [0.5, 0.6) is 0 Å². The van der Waals surface area contributed by atoms with Gasteiger partial charge < -0.3 is 21.1 Å². The fourth-order valence-electron chi connectivity index (χ4n) is 5.48. The molecule has 0 aliphatic heterocycles. The molecule has 0 heterocycles. The Kier molecular flexibility index (Phi) is 15.0. The summed E-state index contributed by atoms with van der Waals surface area (Å²) in [6, 6.07) is 22.3. The summed E-state index contributed by atoms with van der Waals surface area (Å²) < 4.78 is 32.1. The molecule has 4 aromatic rings. The zero-order valence-corrected chi connectivity index (χ0v) is 29.5. The van der Waals surface area contributed by atoms with Crippen molar-refractivity contribution < 1.29 is 27.9 Å². The number of esters is 1. The lowest BCUT2D eigenvalue weighted by molar-refractivity contribution is -0.146. The maximum absolute atomic E-state index is 13.6. The van der Waals surface area contributed by atoms with E-state index < -0.39 is 41.4 Å². The number of halogens is 4. The first-order valence-corrected chi connectivity index (χ1v) is 16.9. The first-order valence-electron chi connectivity index (χ1n) is 16.1. The van der Waals surface area contributed by atoms with Gasteiger partial charge in [-0.15, -0.1) is 0 Å². The Morgan fingerprint density at radius 2 is 1.26 bits per heavy atom. The van der Waals surface area contributed by atoms with Gasteiger partial charge in [0.2, 0.25) is 11.8 Å². The minimum absolute atomic E-state index is 0.0160. The van der Waals surface area contributed by atoms with Gasteiger partial charge in [0, 0.05) is 34.7 Å². The zero-order chi connectivity index (χ0) is 38.3. The lowest BCUT2D eigenvalue weighted by Gasteiger charge is -2.18. The highest BCUT2D eigenvalue weighted by atomic mass is 35.5. The topological polar surface area (TPSA) is 208 Å². The molecule has 0 saturated carbocycles. The van der Waals surface area contributed by atoms with Gasteiger partial charge in [-0.3, -0.25) is 14.4 Å². The summed E-state index contributed by atoms with van der Waals surface area (Å²) >= 11 is 11.8. The second-order valence-corrected chi connectivity index (χ2v) is 12.4. The van der Waals surface area contributed by atoms with Crippen molar-refractivity contribution >= 4 is 52.4 Å². The van der Waals surface area contributed by atoms with Crippen LogP contribution >= 0.6 is 23.2 Å². The van der Waals surface area contributed by atoms with Crippen LogP contribution in [-0.2, 0) is 19.1 Å². The third kappa shape index (κ3) is 11.4. The Balaban J connectivity index is 0.000000294. The summed E-state index contributed by atoms with van der Waals surface area (Å²) in [4.78, 5) is 42.5. The van der Waals surface area contributed by atoms with E-state index in [9.17, 15) is 23.2 Å². The van der Waals surface area contributed by atoms with Crippen LogP contribution in [0.2, 0.25) is 10.0 Å².